The Kier molecular flexibility index (Phi) is 10.6. The SMILES string of the molecule is CCNC(=NCCCS(C)(=O)=O)N1CCC(COC)C1.I. The van der Waals surface area contributed by atoms with E-state index in [4.69, 9.17) is 4.74 Å². The molecular formula is C13H28IN3O3S. The molecule has 1 rings (SSSR count). The smallest absolute Gasteiger partial charge is 0.193 e. The first-order chi connectivity index (χ1) is 9.46. The third-order valence-electron chi connectivity index (χ3n) is 3.26. The molecule has 0 radical (unpaired) electrons. The lowest BCUT2D eigenvalue weighted by Crippen LogP contribution is -2.40. The van der Waals surface area contributed by atoms with Crippen LogP contribution in [0.3, 0.4) is 0 Å². The second-order valence-corrected chi connectivity index (χ2v) is 7.53. The first-order valence-corrected chi connectivity index (χ1v) is 9.22. The maximum atomic E-state index is 11.1. The van der Waals surface area contributed by atoms with Crippen molar-refractivity contribution in [3.05, 3.63) is 0 Å². The van der Waals surface area contributed by atoms with Crippen LogP contribution in [0.25, 0.3) is 0 Å². The van der Waals surface area contributed by atoms with Gasteiger partial charge in [-0.2, -0.15) is 0 Å². The van der Waals surface area contributed by atoms with Crippen molar-refractivity contribution in [2.24, 2.45) is 10.9 Å². The van der Waals surface area contributed by atoms with Gasteiger partial charge in [-0.3, -0.25) is 4.99 Å². The number of hydrogen-bond donors (Lipinski definition) is 1. The average molecular weight is 433 g/mol. The number of ether oxygens (including phenoxy) is 1. The molecule has 0 aromatic rings. The van der Waals surface area contributed by atoms with E-state index in [1.165, 1.54) is 6.26 Å². The molecule has 1 atom stereocenters. The molecule has 0 spiro atoms. The Balaban J connectivity index is 0.00000400. The molecule has 1 heterocycles. The number of halogens is 1. The van der Waals surface area contributed by atoms with Gasteiger partial charge < -0.3 is 15.0 Å². The standard InChI is InChI=1S/C13H27N3O3S.HI/c1-4-14-13(15-7-5-9-20(3,17)18)16-8-6-12(10-16)11-19-2;/h12H,4-11H2,1-3H3,(H,14,15);1H. The van der Waals surface area contributed by atoms with Gasteiger partial charge in [-0.15, -0.1) is 24.0 Å². The zero-order chi connectivity index (χ0) is 15.0. The van der Waals surface area contributed by atoms with Crippen LogP contribution >= 0.6 is 24.0 Å². The Bertz CT molecular complexity index is 415. The molecular weight excluding hydrogens is 405 g/mol. The molecule has 126 valence electrons. The molecule has 0 saturated carbocycles. The fourth-order valence-electron chi connectivity index (χ4n) is 2.33. The van der Waals surface area contributed by atoms with E-state index in [9.17, 15) is 8.42 Å². The summed E-state index contributed by atoms with van der Waals surface area (Å²) in [6.45, 7) is 6.10. The van der Waals surface area contributed by atoms with E-state index in [1.807, 2.05) is 6.92 Å². The normalized spacial score (nSPS) is 19.5. The summed E-state index contributed by atoms with van der Waals surface area (Å²) in [5.74, 6) is 1.64. The molecule has 1 N–H and O–H groups in total. The first-order valence-electron chi connectivity index (χ1n) is 7.16. The second kappa shape index (κ2) is 10.6. The monoisotopic (exact) mass is 433 g/mol. The number of methoxy groups -OCH3 is 1. The summed E-state index contributed by atoms with van der Waals surface area (Å²) in [7, 11) is -1.16. The zero-order valence-electron chi connectivity index (χ0n) is 13.2. The van der Waals surface area contributed by atoms with Crippen molar-refractivity contribution >= 4 is 39.8 Å². The highest BCUT2D eigenvalue weighted by atomic mass is 127. The van der Waals surface area contributed by atoms with Gasteiger partial charge in [0.2, 0.25) is 0 Å². The highest BCUT2D eigenvalue weighted by Crippen LogP contribution is 2.16. The van der Waals surface area contributed by atoms with Gasteiger partial charge in [0.1, 0.15) is 9.84 Å². The molecule has 0 bridgehead atoms. The van der Waals surface area contributed by atoms with Crippen LogP contribution in [0.15, 0.2) is 4.99 Å². The van der Waals surface area contributed by atoms with Gasteiger partial charge in [-0.1, -0.05) is 0 Å². The van der Waals surface area contributed by atoms with Crippen LogP contribution in [0.2, 0.25) is 0 Å². The maximum Gasteiger partial charge on any atom is 0.193 e. The molecule has 1 fully saturated rings. The van der Waals surface area contributed by atoms with Crippen molar-refractivity contribution < 1.29 is 13.2 Å². The van der Waals surface area contributed by atoms with Gasteiger partial charge in [0.25, 0.3) is 0 Å². The zero-order valence-corrected chi connectivity index (χ0v) is 16.3. The van der Waals surface area contributed by atoms with Gasteiger partial charge in [-0.05, 0) is 19.8 Å². The van der Waals surface area contributed by atoms with E-state index in [0.29, 0.717) is 18.9 Å². The van der Waals surface area contributed by atoms with Crippen LogP contribution in [-0.2, 0) is 14.6 Å². The summed E-state index contributed by atoms with van der Waals surface area (Å²) in [5.41, 5.74) is 0. The van der Waals surface area contributed by atoms with E-state index in [2.05, 4.69) is 15.2 Å². The Hall–Kier alpha value is -0.0900. The van der Waals surface area contributed by atoms with Gasteiger partial charge in [-0.25, -0.2) is 8.42 Å². The minimum Gasteiger partial charge on any atom is -0.384 e. The fraction of sp³-hybridized carbons (Fsp3) is 0.923. The Morgan fingerprint density at radius 1 is 1.48 bits per heavy atom. The molecule has 6 nitrogen and oxygen atoms in total. The fourth-order valence-corrected chi connectivity index (χ4v) is 2.99. The second-order valence-electron chi connectivity index (χ2n) is 5.28. The lowest BCUT2D eigenvalue weighted by Gasteiger charge is -2.21. The van der Waals surface area contributed by atoms with Crippen molar-refractivity contribution in [1.29, 1.82) is 0 Å². The molecule has 0 aromatic heterocycles. The third kappa shape index (κ3) is 8.82. The number of aliphatic imine (C=N–C) groups is 1. The van der Waals surface area contributed by atoms with Crippen LogP contribution in [0.4, 0.5) is 0 Å². The molecule has 0 aliphatic carbocycles. The molecule has 1 unspecified atom stereocenters. The Morgan fingerprint density at radius 3 is 2.76 bits per heavy atom. The topological polar surface area (TPSA) is 71.0 Å². The largest absolute Gasteiger partial charge is 0.384 e. The minimum atomic E-state index is -2.89. The number of guanidine groups is 1. The van der Waals surface area contributed by atoms with Gasteiger partial charge in [0, 0.05) is 45.5 Å². The number of nitrogens with one attached hydrogen (secondary N) is 1. The van der Waals surface area contributed by atoms with Crippen molar-refractivity contribution in [3.63, 3.8) is 0 Å². The quantitative estimate of drug-likeness (QED) is 0.281. The lowest BCUT2D eigenvalue weighted by atomic mass is 10.1. The third-order valence-corrected chi connectivity index (χ3v) is 4.29. The van der Waals surface area contributed by atoms with E-state index in [1.54, 1.807) is 7.11 Å². The van der Waals surface area contributed by atoms with Crippen molar-refractivity contribution in [2.45, 2.75) is 19.8 Å². The summed E-state index contributed by atoms with van der Waals surface area (Å²) in [4.78, 5) is 6.75. The molecule has 1 aliphatic rings. The van der Waals surface area contributed by atoms with Crippen molar-refractivity contribution in [1.82, 2.24) is 10.2 Å². The van der Waals surface area contributed by atoms with Crippen molar-refractivity contribution in [2.75, 3.05) is 51.9 Å². The molecule has 21 heavy (non-hydrogen) atoms. The average Bonchev–Trinajstić information content (AvgIpc) is 2.81. The molecule has 8 heteroatoms. The number of nitrogens with zero attached hydrogens (tertiary/aromatic N) is 2. The number of sulfone groups is 1. The number of likely N-dealkylation sites (tertiary alicyclic amines) is 1. The first kappa shape index (κ1) is 20.9. The Morgan fingerprint density at radius 2 is 2.19 bits per heavy atom. The van der Waals surface area contributed by atoms with Crippen LogP contribution in [0, 0.1) is 5.92 Å². The van der Waals surface area contributed by atoms with E-state index in [0.717, 1.165) is 38.6 Å². The number of rotatable bonds is 7. The maximum absolute atomic E-state index is 11.1. The number of hydrogen-bond acceptors (Lipinski definition) is 4. The molecule has 0 aromatic carbocycles. The predicted molar refractivity (Wildman–Crippen MR) is 97.3 cm³/mol. The minimum absolute atomic E-state index is 0. The lowest BCUT2D eigenvalue weighted by molar-refractivity contribution is 0.157. The van der Waals surface area contributed by atoms with Crippen molar-refractivity contribution in [3.8, 4) is 0 Å². The van der Waals surface area contributed by atoms with E-state index in [-0.39, 0.29) is 29.7 Å². The molecule has 1 aliphatic heterocycles. The predicted octanol–water partition coefficient (Wildman–Crippen LogP) is 0.973. The summed E-state index contributed by atoms with van der Waals surface area (Å²) < 4.78 is 27.4. The highest BCUT2D eigenvalue weighted by Gasteiger charge is 2.24. The molecule has 0 amide bonds. The summed E-state index contributed by atoms with van der Waals surface area (Å²) >= 11 is 0. The van der Waals surface area contributed by atoms with Gasteiger partial charge in [0.05, 0.1) is 12.4 Å². The van der Waals surface area contributed by atoms with Gasteiger partial charge >= 0.3 is 0 Å². The van der Waals surface area contributed by atoms with Crippen LogP contribution in [0.5, 0.6) is 0 Å². The van der Waals surface area contributed by atoms with Crippen LogP contribution in [-0.4, -0.2) is 71.2 Å². The van der Waals surface area contributed by atoms with E-state index < -0.39 is 9.84 Å². The van der Waals surface area contributed by atoms with Crippen LogP contribution < -0.4 is 5.32 Å². The molecule has 1 saturated heterocycles. The van der Waals surface area contributed by atoms with Crippen LogP contribution in [0.1, 0.15) is 19.8 Å². The Labute approximate surface area is 145 Å². The summed E-state index contributed by atoms with van der Waals surface area (Å²) in [5, 5.41) is 3.27. The van der Waals surface area contributed by atoms with E-state index >= 15 is 0 Å². The summed E-state index contributed by atoms with van der Waals surface area (Å²) in [6.07, 6.45) is 2.95. The van der Waals surface area contributed by atoms with Gasteiger partial charge in [0.15, 0.2) is 5.96 Å². The highest BCUT2D eigenvalue weighted by molar-refractivity contribution is 14.0. The summed E-state index contributed by atoms with van der Waals surface area (Å²) in [6, 6.07) is 0.